The monoisotopic (exact) mass is 544 g/mol. The lowest BCUT2D eigenvalue weighted by Gasteiger charge is -2.21. The summed E-state index contributed by atoms with van der Waals surface area (Å²) in [4.78, 5) is 26.3. The first-order chi connectivity index (χ1) is 19.4. The van der Waals surface area contributed by atoms with Crippen LogP contribution in [0.2, 0.25) is 0 Å². The summed E-state index contributed by atoms with van der Waals surface area (Å²) in [6.07, 6.45) is 7.54. The first kappa shape index (κ1) is 28.5. The van der Waals surface area contributed by atoms with Crippen LogP contribution in [-0.2, 0) is 0 Å². The molecular formula is C32H36N2O6. The fraction of sp³-hybridized carbons (Fsp3) is 0.312. The van der Waals surface area contributed by atoms with Gasteiger partial charge in [-0.15, -0.1) is 0 Å². The number of ketones is 2. The first-order valence-corrected chi connectivity index (χ1v) is 13.8. The van der Waals surface area contributed by atoms with Crippen molar-refractivity contribution >= 4 is 28.6 Å². The van der Waals surface area contributed by atoms with Crippen molar-refractivity contribution in [1.29, 1.82) is 0 Å². The molecular weight excluding hydrogens is 508 g/mol. The topological polar surface area (TPSA) is 117 Å². The van der Waals surface area contributed by atoms with Crippen molar-refractivity contribution < 1.29 is 29.3 Å². The highest BCUT2D eigenvalue weighted by molar-refractivity contribution is 6.28. The minimum Gasteiger partial charge on any atom is -0.507 e. The van der Waals surface area contributed by atoms with Gasteiger partial charge >= 0.3 is 0 Å². The van der Waals surface area contributed by atoms with Crippen LogP contribution in [-0.4, -0.2) is 35.0 Å². The van der Waals surface area contributed by atoms with Crippen molar-refractivity contribution in [2.75, 3.05) is 23.8 Å². The van der Waals surface area contributed by atoms with Crippen LogP contribution >= 0.6 is 0 Å². The highest BCUT2D eigenvalue weighted by atomic mass is 16.5. The molecule has 0 saturated carbocycles. The van der Waals surface area contributed by atoms with Gasteiger partial charge < -0.3 is 30.3 Å². The number of allylic oxidation sites excluding steroid dienone is 2. The molecule has 0 spiro atoms. The van der Waals surface area contributed by atoms with Crippen LogP contribution in [0.5, 0.6) is 23.0 Å². The standard InChI is InChI=1S/C32H36N2O6/c1-3-5-7-17-39-23-13-9-21(10-14-23)33-25-19-27(35)30-29(31(25)37)28(36)20-26(32(30)38)34-22-11-15-24(16-12-22)40-18-8-6-4-2/h9-16,19-20,33-35,37H,3-8,17-18H2,1-2H3. The molecule has 3 aromatic carbocycles. The lowest BCUT2D eigenvalue weighted by molar-refractivity contribution is 0.0980. The van der Waals surface area contributed by atoms with E-state index in [0.717, 1.165) is 50.4 Å². The Hall–Kier alpha value is -4.46. The number of phenolic OH excluding ortho intramolecular Hbond substituents is 2. The Morgan fingerprint density at radius 1 is 0.700 bits per heavy atom. The summed E-state index contributed by atoms with van der Waals surface area (Å²) in [5, 5.41) is 27.6. The summed E-state index contributed by atoms with van der Waals surface area (Å²) in [6, 6.07) is 15.4. The van der Waals surface area contributed by atoms with Gasteiger partial charge in [-0.2, -0.15) is 0 Å². The molecule has 4 N–H and O–H groups in total. The number of hydrogen-bond donors (Lipinski definition) is 4. The van der Waals surface area contributed by atoms with Crippen molar-refractivity contribution in [2.24, 2.45) is 0 Å². The number of rotatable bonds is 14. The van der Waals surface area contributed by atoms with Gasteiger partial charge in [0.1, 0.15) is 17.2 Å². The molecule has 0 unspecified atom stereocenters. The number of ether oxygens (including phenoxy) is 2. The van der Waals surface area contributed by atoms with Gasteiger partial charge in [-0.1, -0.05) is 39.5 Å². The van der Waals surface area contributed by atoms with Crippen LogP contribution in [0.25, 0.3) is 0 Å². The smallest absolute Gasteiger partial charge is 0.213 e. The molecule has 1 aliphatic carbocycles. The summed E-state index contributed by atoms with van der Waals surface area (Å²) < 4.78 is 11.4. The molecule has 0 aromatic heterocycles. The minimum absolute atomic E-state index is 0.000881. The molecule has 8 heteroatoms. The molecule has 0 heterocycles. The van der Waals surface area contributed by atoms with E-state index in [0.29, 0.717) is 30.3 Å². The second-order valence-corrected chi connectivity index (χ2v) is 9.70. The van der Waals surface area contributed by atoms with Gasteiger partial charge in [0.2, 0.25) is 5.78 Å². The van der Waals surface area contributed by atoms with Crippen LogP contribution in [0, 0.1) is 0 Å². The van der Waals surface area contributed by atoms with Crippen LogP contribution in [0.4, 0.5) is 17.1 Å². The van der Waals surface area contributed by atoms with Crippen LogP contribution < -0.4 is 20.1 Å². The van der Waals surface area contributed by atoms with Crippen molar-refractivity contribution in [2.45, 2.75) is 52.4 Å². The number of fused-ring (bicyclic) bond motifs is 1. The van der Waals surface area contributed by atoms with Gasteiger partial charge in [0.25, 0.3) is 0 Å². The molecule has 8 nitrogen and oxygen atoms in total. The molecule has 210 valence electrons. The quantitative estimate of drug-likeness (QED) is 0.0945. The molecule has 40 heavy (non-hydrogen) atoms. The molecule has 0 aliphatic heterocycles. The lowest BCUT2D eigenvalue weighted by Crippen LogP contribution is -2.22. The van der Waals surface area contributed by atoms with Crippen LogP contribution in [0.3, 0.4) is 0 Å². The molecule has 0 fully saturated rings. The zero-order valence-corrected chi connectivity index (χ0v) is 23.0. The third-order valence-electron chi connectivity index (χ3n) is 6.57. The number of Topliss-reactive ketones (excluding diaryl/α,β-unsaturated/α-hetero) is 1. The molecule has 0 radical (unpaired) electrons. The number of unbranched alkanes of at least 4 members (excludes halogenated alkanes) is 4. The molecule has 0 atom stereocenters. The zero-order chi connectivity index (χ0) is 28.5. The summed E-state index contributed by atoms with van der Waals surface area (Å²) in [5.41, 5.74) is 0.805. The minimum atomic E-state index is -0.599. The van der Waals surface area contributed by atoms with Crippen LogP contribution in [0.15, 0.2) is 66.4 Å². The van der Waals surface area contributed by atoms with Gasteiger partial charge in [0.05, 0.1) is 35.7 Å². The average Bonchev–Trinajstić information content (AvgIpc) is 2.95. The summed E-state index contributed by atoms with van der Waals surface area (Å²) in [6.45, 7) is 5.54. The maximum absolute atomic E-state index is 13.2. The predicted octanol–water partition coefficient (Wildman–Crippen LogP) is 7.35. The Labute approximate surface area is 234 Å². The molecule has 0 amide bonds. The fourth-order valence-electron chi connectivity index (χ4n) is 4.38. The third-order valence-corrected chi connectivity index (χ3v) is 6.57. The van der Waals surface area contributed by atoms with Gasteiger partial charge in [-0.25, -0.2) is 0 Å². The molecule has 3 aromatic rings. The third kappa shape index (κ3) is 6.94. The maximum Gasteiger partial charge on any atom is 0.213 e. The molecule has 0 saturated heterocycles. The second kappa shape index (κ2) is 13.6. The fourth-order valence-corrected chi connectivity index (χ4v) is 4.38. The van der Waals surface area contributed by atoms with Gasteiger partial charge in [0.15, 0.2) is 11.5 Å². The number of phenols is 2. The van der Waals surface area contributed by atoms with Crippen molar-refractivity contribution in [3.63, 3.8) is 0 Å². The molecule has 0 bridgehead atoms. The summed E-state index contributed by atoms with van der Waals surface area (Å²) in [5.74, 6) is -0.583. The van der Waals surface area contributed by atoms with E-state index in [1.165, 1.54) is 6.07 Å². The van der Waals surface area contributed by atoms with E-state index in [-0.39, 0.29) is 22.5 Å². The number of nitrogens with one attached hydrogen (secondary N) is 2. The normalized spacial score (nSPS) is 12.5. The van der Waals surface area contributed by atoms with E-state index < -0.39 is 23.1 Å². The van der Waals surface area contributed by atoms with E-state index >= 15 is 0 Å². The number of carbonyl (C=O) groups excluding carboxylic acids is 2. The van der Waals surface area contributed by atoms with E-state index in [4.69, 9.17) is 9.47 Å². The average molecular weight is 545 g/mol. The SMILES string of the molecule is CCCCCOc1ccc(NC2=CC(=O)c3c(O)c(Nc4ccc(OCCCCC)cc4)cc(O)c3C2=O)cc1. The van der Waals surface area contributed by atoms with Gasteiger partial charge in [0, 0.05) is 23.5 Å². The van der Waals surface area contributed by atoms with Crippen molar-refractivity contribution in [3.05, 3.63) is 77.5 Å². The number of hydrogen-bond acceptors (Lipinski definition) is 8. The second-order valence-electron chi connectivity index (χ2n) is 9.70. The number of carbonyl (C=O) groups is 2. The van der Waals surface area contributed by atoms with Crippen molar-refractivity contribution in [1.82, 2.24) is 0 Å². The predicted molar refractivity (Wildman–Crippen MR) is 156 cm³/mol. The van der Waals surface area contributed by atoms with Crippen molar-refractivity contribution in [3.8, 4) is 23.0 Å². The Bertz CT molecular complexity index is 1360. The van der Waals surface area contributed by atoms with E-state index in [1.807, 2.05) is 0 Å². The summed E-state index contributed by atoms with van der Waals surface area (Å²) in [7, 11) is 0. The Balaban J connectivity index is 1.45. The highest BCUT2D eigenvalue weighted by Gasteiger charge is 2.33. The van der Waals surface area contributed by atoms with Gasteiger partial charge in [-0.05, 0) is 61.4 Å². The lowest BCUT2D eigenvalue weighted by atomic mass is 9.90. The number of anilines is 3. The summed E-state index contributed by atoms with van der Waals surface area (Å²) >= 11 is 0. The van der Waals surface area contributed by atoms with E-state index in [9.17, 15) is 19.8 Å². The zero-order valence-electron chi connectivity index (χ0n) is 23.0. The van der Waals surface area contributed by atoms with Crippen LogP contribution in [0.1, 0.15) is 73.1 Å². The maximum atomic E-state index is 13.2. The first-order valence-electron chi connectivity index (χ1n) is 13.8. The number of benzene rings is 3. The molecule has 1 aliphatic rings. The molecule has 4 rings (SSSR count). The van der Waals surface area contributed by atoms with E-state index in [1.54, 1.807) is 48.5 Å². The Morgan fingerprint density at radius 3 is 1.75 bits per heavy atom. The highest BCUT2D eigenvalue weighted by Crippen LogP contribution is 2.41. The Kier molecular flexibility index (Phi) is 9.67. The number of aromatic hydroxyl groups is 2. The van der Waals surface area contributed by atoms with E-state index in [2.05, 4.69) is 24.5 Å². The Morgan fingerprint density at radius 2 is 1.23 bits per heavy atom. The van der Waals surface area contributed by atoms with Gasteiger partial charge in [-0.3, -0.25) is 9.59 Å². The largest absolute Gasteiger partial charge is 0.507 e.